The smallest absolute Gasteiger partial charge is 0.213 e. The van der Waals surface area contributed by atoms with Gasteiger partial charge in [0.2, 0.25) is 5.88 Å². The van der Waals surface area contributed by atoms with Crippen molar-refractivity contribution in [2.75, 3.05) is 26.7 Å². The van der Waals surface area contributed by atoms with E-state index in [9.17, 15) is 0 Å². The number of guanidine groups is 1. The van der Waals surface area contributed by atoms with Gasteiger partial charge in [0.1, 0.15) is 0 Å². The van der Waals surface area contributed by atoms with Gasteiger partial charge in [0.25, 0.3) is 0 Å². The topological polar surface area (TPSA) is 61.8 Å². The maximum atomic E-state index is 5.50. The Morgan fingerprint density at radius 1 is 1.19 bits per heavy atom. The molecule has 1 aromatic heterocycles. The molecule has 0 bridgehead atoms. The second-order valence-electron chi connectivity index (χ2n) is 6.63. The minimum absolute atomic E-state index is 0. The van der Waals surface area contributed by atoms with E-state index in [2.05, 4.69) is 60.1 Å². The first-order chi connectivity index (χ1) is 12.0. The monoisotopic (exact) mass is 477 g/mol. The average molecular weight is 477 g/mol. The van der Waals surface area contributed by atoms with Crippen molar-refractivity contribution in [1.82, 2.24) is 20.5 Å². The summed E-state index contributed by atoms with van der Waals surface area (Å²) in [6.45, 7) is 14.2. The van der Waals surface area contributed by atoms with Gasteiger partial charge in [-0.2, -0.15) is 0 Å². The van der Waals surface area contributed by atoms with Gasteiger partial charge in [-0.1, -0.05) is 13.0 Å². The number of ether oxygens (including phenoxy) is 1. The predicted octanol–water partition coefficient (Wildman–Crippen LogP) is 3.27. The molecule has 0 aliphatic rings. The van der Waals surface area contributed by atoms with E-state index in [-0.39, 0.29) is 24.0 Å². The van der Waals surface area contributed by atoms with E-state index in [0.29, 0.717) is 31.1 Å². The lowest BCUT2D eigenvalue weighted by Gasteiger charge is -2.30. The number of aromatic nitrogens is 1. The summed E-state index contributed by atoms with van der Waals surface area (Å²) in [5.74, 6) is 1.48. The summed E-state index contributed by atoms with van der Waals surface area (Å²) in [6, 6.07) is 5.01. The van der Waals surface area contributed by atoms with Crippen LogP contribution in [0.3, 0.4) is 0 Å². The lowest BCUT2D eigenvalue weighted by Crippen LogP contribution is -2.45. The summed E-state index contributed by atoms with van der Waals surface area (Å²) < 4.78 is 5.50. The van der Waals surface area contributed by atoms with Gasteiger partial charge in [-0.25, -0.2) is 4.98 Å². The summed E-state index contributed by atoms with van der Waals surface area (Å²) in [6.07, 6.45) is 2.82. The van der Waals surface area contributed by atoms with Gasteiger partial charge < -0.3 is 15.4 Å². The SMILES string of the molecule is CCCOc1ccc(CNC(=NC)NCCN(C(C)C)C(C)C)cn1.I. The van der Waals surface area contributed by atoms with Crippen molar-refractivity contribution >= 4 is 29.9 Å². The Kier molecular flexibility index (Phi) is 13.4. The lowest BCUT2D eigenvalue weighted by atomic mass is 10.2. The van der Waals surface area contributed by atoms with Gasteiger partial charge >= 0.3 is 0 Å². The molecular weight excluding hydrogens is 441 g/mol. The summed E-state index contributed by atoms with van der Waals surface area (Å²) >= 11 is 0. The largest absolute Gasteiger partial charge is 0.478 e. The van der Waals surface area contributed by atoms with Crippen molar-refractivity contribution in [3.8, 4) is 5.88 Å². The van der Waals surface area contributed by atoms with Gasteiger partial charge in [0.15, 0.2) is 5.96 Å². The molecule has 1 heterocycles. The molecule has 1 aromatic rings. The number of hydrogen-bond donors (Lipinski definition) is 2. The third-order valence-electron chi connectivity index (χ3n) is 3.92. The third-order valence-corrected chi connectivity index (χ3v) is 3.92. The van der Waals surface area contributed by atoms with Gasteiger partial charge in [0.05, 0.1) is 6.61 Å². The van der Waals surface area contributed by atoms with E-state index in [1.54, 1.807) is 7.05 Å². The Balaban J connectivity index is 0.00000625. The highest BCUT2D eigenvalue weighted by Gasteiger charge is 2.12. The molecule has 0 saturated heterocycles. The minimum Gasteiger partial charge on any atom is -0.478 e. The Morgan fingerprint density at radius 2 is 1.88 bits per heavy atom. The van der Waals surface area contributed by atoms with Crippen molar-refractivity contribution in [1.29, 1.82) is 0 Å². The fourth-order valence-corrected chi connectivity index (χ4v) is 2.63. The fourth-order valence-electron chi connectivity index (χ4n) is 2.63. The predicted molar refractivity (Wildman–Crippen MR) is 121 cm³/mol. The van der Waals surface area contributed by atoms with Crippen LogP contribution in [0.4, 0.5) is 0 Å². The summed E-state index contributed by atoms with van der Waals surface area (Å²) in [5, 5.41) is 6.69. The van der Waals surface area contributed by atoms with Crippen LogP contribution >= 0.6 is 24.0 Å². The zero-order chi connectivity index (χ0) is 18.7. The van der Waals surface area contributed by atoms with Crippen molar-refractivity contribution in [3.63, 3.8) is 0 Å². The Bertz CT molecular complexity index is 497. The van der Waals surface area contributed by atoms with Crippen molar-refractivity contribution in [3.05, 3.63) is 23.9 Å². The molecule has 0 radical (unpaired) electrons. The van der Waals surface area contributed by atoms with Gasteiger partial charge in [0, 0.05) is 51.0 Å². The van der Waals surface area contributed by atoms with Crippen LogP contribution in [-0.2, 0) is 6.54 Å². The number of pyridine rings is 1. The van der Waals surface area contributed by atoms with Crippen LogP contribution < -0.4 is 15.4 Å². The number of aliphatic imine (C=N–C) groups is 1. The van der Waals surface area contributed by atoms with E-state index in [1.807, 2.05) is 18.3 Å². The normalized spacial score (nSPS) is 11.7. The molecule has 0 aliphatic carbocycles. The number of hydrogen-bond acceptors (Lipinski definition) is 4. The van der Waals surface area contributed by atoms with Crippen molar-refractivity contribution < 1.29 is 4.74 Å². The highest BCUT2D eigenvalue weighted by Crippen LogP contribution is 2.07. The first-order valence-corrected chi connectivity index (χ1v) is 9.25. The van der Waals surface area contributed by atoms with E-state index < -0.39 is 0 Å². The van der Waals surface area contributed by atoms with Crippen LogP contribution in [0.5, 0.6) is 5.88 Å². The van der Waals surface area contributed by atoms with Crippen LogP contribution in [0.1, 0.15) is 46.6 Å². The summed E-state index contributed by atoms with van der Waals surface area (Å²) in [5.41, 5.74) is 1.10. The second kappa shape index (κ2) is 14.0. The Morgan fingerprint density at radius 3 is 2.38 bits per heavy atom. The molecule has 6 nitrogen and oxygen atoms in total. The minimum atomic E-state index is 0. The lowest BCUT2D eigenvalue weighted by molar-refractivity contribution is 0.178. The van der Waals surface area contributed by atoms with Crippen molar-refractivity contribution in [2.24, 2.45) is 4.99 Å². The molecule has 150 valence electrons. The van der Waals surface area contributed by atoms with Gasteiger partial charge in [-0.15, -0.1) is 24.0 Å². The zero-order valence-electron chi connectivity index (χ0n) is 17.1. The van der Waals surface area contributed by atoms with E-state index in [0.717, 1.165) is 31.0 Å². The van der Waals surface area contributed by atoms with Crippen LogP contribution in [0.2, 0.25) is 0 Å². The number of halogens is 1. The maximum absolute atomic E-state index is 5.50. The molecule has 2 N–H and O–H groups in total. The molecule has 0 fully saturated rings. The van der Waals surface area contributed by atoms with Crippen molar-refractivity contribution in [2.45, 2.75) is 59.7 Å². The van der Waals surface area contributed by atoms with Crippen LogP contribution in [0.25, 0.3) is 0 Å². The van der Waals surface area contributed by atoms with Crippen LogP contribution in [-0.4, -0.2) is 54.7 Å². The molecule has 1 rings (SSSR count). The highest BCUT2D eigenvalue weighted by atomic mass is 127. The Hall–Kier alpha value is -1.09. The Labute approximate surface area is 176 Å². The maximum Gasteiger partial charge on any atom is 0.213 e. The third kappa shape index (κ3) is 9.56. The first kappa shape index (κ1) is 24.9. The van der Waals surface area contributed by atoms with Crippen LogP contribution in [0, 0.1) is 0 Å². The second-order valence-corrected chi connectivity index (χ2v) is 6.63. The number of rotatable bonds is 10. The summed E-state index contributed by atoms with van der Waals surface area (Å²) in [4.78, 5) is 11.1. The fraction of sp³-hybridized carbons (Fsp3) is 0.684. The molecule has 0 unspecified atom stereocenters. The zero-order valence-corrected chi connectivity index (χ0v) is 19.4. The van der Waals surface area contributed by atoms with E-state index in [1.165, 1.54) is 0 Å². The molecule has 0 aromatic carbocycles. The summed E-state index contributed by atoms with van der Waals surface area (Å²) in [7, 11) is 1.79. The molecule has 0 amide bonds. The molecule has 0 atom stereocenters. The molecule has 26 heavy (non-hydrogen) atoms. The van der Waals surface area contributed by atoms with E-state index in [4.69, 9.17) is 4.74 Å². The number of nitrogens with zero attached hydrogens (tertiary/aromatic N) is 3. The van der Waals surface area contributed by atoms with Crippen LogP contribution in [0.15, 0.2) is 23.3 Å². The van der Waals surface area contributed by atoms with Gasteiger partial charge in [-0.3, -0.25) is 9.89 Å². The molecular formula is C19H36IN5O. The molecule has 0 saturated carbocycles. The van der Waals surface area contributed by atoms with E-state index >= 15 is 0 Å². The quantitative estimate of drug-likeness (QED) is 0.308. The molecule has 0 spiro atoms. The standard InChI is InChI=1S/C19H35N5O.HI/c1-7-12-25-18-9-8-17(13-22-18)14-23-19(20-6)21-10-11-24(15(2)3)16(4)5;/h8-9,13,15-16H,7,10-12,14H2,1-6H3,(H2,20,21,23);1H. The highest BCUT2D eigenvalue weighted by molar-refractivity contribution is 14.0. The molecule has 7 heteroatoms. The number of nitrogens with one attached hydrogen (secondary N) is 2. The molecule has 0 aliphatic heterocycles. The van der Waals surface area contributed by atoms with Gasteiger partial charge in [-0.05, 0) is 39.7 Å². The first-order valence-electron chi connectivity index (χ1n) is 9.25. The average Bonchev–Trinajstić information content (AvgIpc) is 2.59.